The van der Waals surface area contributed by atoms with Gasteiger partial charge in [-0.2, -0.15) is 0 Å². The number of rotatable bonds is 7. The first kappa shape index (κ1) is 24.0. The summed E-state index contributed by atoms with van der Waals surface area (Å²) < 4.78 is 26.9. The second-order valence-corrected chi connectivity index (χ2v) is 8.67. The monoisotopic (exact) mass is 496 g/mol. The van der Waals surface area contributed by atoms with E-state index in [9.17, 15) is 9.18 Å². The van der Waals surface area contributed by atoms with Crippen molar-refractivity contribution in [1.29, 1.82) is 0 Å². The molecule has 1 amide bonds. The van der Waals surface area contributed by atoms with Crippen LogP contribution in [0.1, 0.15) is 16.8 Å². The number of aromatic nitrogens is 3. The Kier molecular flexibility index (Phi) is 6.55. The van der Waals surface area contributed by atoms with Crippen LogP contribution in [-0.2, 0) is 11.2 Å². The third kappa shape index (κ3) is 5.13. The lowest BCUT2D eigenvalue weighted by atomic mass is 10.1. The molecule has 1 N–H and O–H groups in total. The van der Waals surface area contributed by atoms with Crippen LogP contribution in [0.3, 0.4) is 0 Å². The number of imidazole rings is 1. The summed E-state index contributed by atoms with van der Waals surface area (Å²) in [6, 6.07) is 19.4. The smallest absolute Gasteiger partial charge is 0.230 e. The summed E-state index contributed by atoms with van der Waals surface area (Å²) in [5, 5.41) is 2.89. The number of nitrogens with one attached hydrogen (secondary N) is 1. The van der Waals surface area contributed by atoms with Gasteiger partial charge in [-0.3, -0.25) is 4.79 Å². The number of fused-ring (bicyclic) bond motifs is 1. The van der Waals surface area contributed by atoms with Crippen LogP contribution < -0.4 is 14.8 Å². The lowest BCUT2D eigenvalue weighted by Crippen LogP contribution is -2.16. The Hall–Kier alpha value is -4.72. The minimum absolute atomic E-state index is 0.0653. The number of hydrogen-bond acceptors (Lipinski definition) is 5. The van der Waals surface area contributed by atoms with Gasteiger partial charge in [0.05, 0.1) is 36.8 Å². The largest absolute Gasteiger partial charge is 0.493 e. The zero-order valence-corrected chi connectivity index (χ0v) is 20.7. The van der Waals surface area contributed by atoms with Gasteiger partial charge in [-0.15, -0.1) is 0 Å². The minimum Gasteiger partial charge on any atom is -0.493 e. The van der Waals surface area contributed by atoms with Gasteiger partial charge in [-0.1, -0.05) is 18.2 Å². The molecule has 3 aromatic heterocycles. The highest BCUT2D eigenvalue weighted by molar-refractivity contribution is 5.93. The molecule has 0 saturated carbocycles. The van der Waals surface area contributed by atoms with E-state index in [1.807, 2.05) is 41.8 Å². The molecule has 0 fully saturated rings. The van der Waals surface area contributed by atoms with E-state index in [0.717, 1.165) is 11.1 Å². The number of pyridine rings is 2. The van der Waals surface area contributed by atoms with Crippen LogP contribution >= 0.6 is 0 Å². The number of halogens is 1. The Balaban J connectivity index is 1.37. The van der Waals surface area contributed by atoms with E-state index in [4.69, 9.17) is 14.5 Å². The van der Waals surface area contributed by atoms with Crippen LogP contribution in [0, 0.1) is 19.7 Å². The first-order valence-corrected chi connectivity index (χ1v) is 11.7. The highest BCUT2D eigenvalue weighted by atomic mass is 19.1. The molecule has 0 atom stereocenters. The number of anilines is 1. The Morgan fingerprint density at radius 2 is 1.84 bits per heavy atom. The van der Waals surface area contributed by atoms with Crippen LogP contribution in [0.2, 0.25) is 0 Å². The zero-order chi connectivity index (χ0) is 25.9. The average Bonchev–Trinajstić information content (AvgIpc) is 3.24. The highest BCUT2D eigenvalue weighted by Gasteiger charge is 2.18. The molecule has 7 nitrogen and oxygen atoms in total. The van der Waals surface area contributed by atoms with Gasteiger partial charge < -0.3 is 19.2 Å². The highest BCUT2D eigenvalue weighted by Crippen LogP contribution is 2.30. The summed E-state index contributed by atoms with van der Waals surface area (Å²) in [6.07, 6.45) is 3.54. The minimum atomic E-state index is -0.284. The third-order valence-electron chi connectivity index (χ3n) is 5.93. The maximum Gasteiger partial charge on any atom is 0.230 e. The van der Waals surface area contributed by atoms with E-state index in [0.29, 0.717) is 45.7 Å². The SMILES string of the molecule is COc1ccccc1Oc1ccc(NC(=O)Cc2c(-c3ccc(F)c(C)c3)nc3ccc(C)cn23)cn1. The van der Waals surface area contributed by atoms with Gasteiger partial charge in [0.1, 0.15) is 11.5 Å². The summed E-state index contributed by atoms with van der Waals surface area (Å²) >= 11 is 0. The van der Waals surface area contributed by atoms with Crippen molar-refractivity contribution in [3.05, 3.63) is 102 Å². The molecule has 0 aliphatic heterocycles. The van der Waals surface area contributed by atoms with E-state index in [-0.39, 0.29) is 18.1 Å². The molecule has 5 rings (SSSR count). The number of aryl methyl sites for hydroxylation is 2. The topological polar surface area (TPSA) is 77.8 Å². The number of amides is 1. The van der Waals surface area contributed by atoms with Gasteiger partial charge in [0, 0.05) is 17.8 Å². The summed E-state index contributed by atoms with van der Waals surface area (Å²) in [7, 11) is 1.57. The number of carbonyl (C=O) groups excluding carboxylic acids is 1. The van der Waals surface area contributed by atoms with Crippen LogP contribution in [0.15, 0.2) is 79.1 Å². The van der Waals surface area contributed by atoms with Gasteiger partial charge in [0.15, 0.2) is 11.5 Å². The van der Waals surface area contributed by atoms with Crippen LogP contribution in [0.5, 0.6) is 17.4 Å². The van der Waals surface area contributed by atoms with E-state index in [1.165, 1.54) is 12.3 Å². The molecular weight excluding hydrogens is 471 g/mol. The standard InChI is InChI=1S/C29H25FN4O3/c1-18-8-12-26-33-29(20-9-11-22(30)19(2)14-20)23(34(26)17-18)15-27(35)32-21-10-13-28(31-16-21)37-25-7-5-4-6-24(25)36-3/h4-14,16-17H,15H2,1-3H3,(H,32,35). The molecule has 0 unspecified atom stereocenters. The van der Waals surface area contributed by atoms with Crippen molar-refractivity contribution >= 4 is 17.2 Å². The molecule has 0 aliphatic rings. The normalized spacial score (nSPS) is 10.9. The predicted molar refractivity (Wildman–Crippen MR) is 140 cm³/mol. The Morgan fingerprint density at radius 1 is 1.03 bits per heavy atom. The maximum atomic E-state index is 13.9. The second-order valence-electron chi connectivity index (χ2n) is 8.67. The summed E-state index contributed by atoms with van der Waals surface area (Å²) in [5.74, 6) is 0.989. The Morgan fingerprint density at radius 3 is 2.57 bits per heavy atom. The summed E-state index contributed by atoms with van der Waals surface area (Å²) in [6.45, 7) is 3.69. The van der Waals surface area contributed by atoms with Crippen LogP contribution in [0.25, 0.3) is 16.9 Å². The Labute approximate surface area is 213 Å². The molecule has 37 heavy (non-hydrogen) atoms. The van der Waals surface area contributed by atoms with Gasteiger partial charge in [0.2, 0.25) is 11.8 Å². The van der Waals surface area contributed by atoms with Crippen molar-refractivity contribution in [3.63, 3.8) is 0 Å². The number of methoxy groups -OCH3 is 1. The Bertz CT molecular complexity index is 1600. The molecule has 8 heteroatoms. The number of benzene rings is 2. The lowest BCUT2D eigenvalue weighted by Gasteiger charge is -2.10. The molecular formula is C29H25FN4O3. The molecule has 0 saturated heterocycles. The fourth-order valence-corrected chi connectivity index (χ4v) is 4.08. The van der Waals surface area contributed by atoms with E-state index >= 15 is 0 Å². The number of hydrogen-bond donors (Lipinski definition) is 1. The molecule has 186 valence electrons. The first-order valence-electron chi connectivity index (χ1n) is 11.7. The van der Waals surface area contributed by atoms with Crippen molar-refractivity contribution in [3.8, 4) is 28.6 Å². The van der Waals surface area contributed by atoms with Crippen molar-refractivity contribution in [2.45, 2.75) is 20.3 Å². The lowest BCUT2D eigenvalue weighted by molar-refractivity contribution is -0.115. The molecule has 2 aromatic carbocycles. The zero-order valence-electron chi connectivity index (χ0n) is 20.7. The van der Waals surface area contributed by atoms with E-state index in [1.54, 1.807) is 50.4 Å². The number of para-hydroxylation sites is 2. The van der Waals surface area contributed by atoms with Crippen molar-refractivity contribution in [2.75, 3.05) is 12.4 Å². The molecule has 0 radical (unpaired) electrons. The molecule has 5 aromatic rings. The number of ether oxygens (including phenoxy) is 2. The quantitative estimate of drug-likeness (QED) is 0.293. The average molecular weight is 497 g/mol. The number of nitrogens with zero attached hydrogens (tertiary/aromatic N) is 3. The summed E-state index contributed by atoms with van der Waals surface area (Å²) in [5.41, 5.74) is 4.90. The van der Waals surface area contributed by atoms with Gasteiger partial charge in [-0.05, 0) is 67.4 Å². The van der Waals surface area contributed by atoms with Crippen molar-refractivity contribution in [1.82, 2.24) is 14.4 Å². The van der Waals surface area contributed by atoms with Crippen LogP contribution in [0.4, 0.5) is 10.1 Å². The molecule has 0 aliphatic carbocycles. The second kappa shape index (κ2) is 10.1. The van der Waals surface area contributed by atoms with E-state index < -0.39 is 0 Å². The van der Waals surface area contributed by atoms with E-state index in [2.05, 4.69) is 10.3 Å². The van der Waals surface area contributed by atoms with Gasteiger partial charge in [0.25, 0.3) is 0 Å². The maximum absolute atomic E-state index is 13.9. The first-order chi connectivity index (χ1) is 17.9. The van der Waals surface area contributed by atoms with Gasteiger partial charge >= 0.3 is 0 Å². The van der Waals surface area contributed by atoms with Crippen LogP contribution in [-0.4, -0.2) is 27.4 Å². The summed E-state index contributed by atoms with van der Waals surface area (Å²) in [4.78, 5) is 22.1. The number of carbonyl (C=O) groups is 1. The molecule has 0 bridgehead atoms. The third-order valence-corrected chi connectivity index (χ3v) is 5.93. The molecule has 0 spiro atoms. The molecule has 3 heterocycles. The fourth-order valence-electron chi connectivity index (χ4n) is 4.08. The predicted octanol–water partition coefficient (Wildman–Crippen LogP) is 6.13. The van der Waals surface area contributed by atoms with Gasteiger partial charge in [-0.25, -0.2) is 14.4 Å². The van der Waals surface area contributed by atoms with Crippen molar-refractivity contribution < 1.29 is 18.7 Å². The fraction of sp³-hybridized carbons (Fsp3) is 0.138. The van der Waals surface area contributed by atoms with Crippen molar-refractivity contribution in [2.24, 2.45) is 0 Å².